The summed E-state index contributed by atoms with van der Waals surface area (Å²) in [6, 6.07) is 12.0. The molecular formula is C31H37ClFN8O10PS. The average Bonchev–Trinajstić information content (AvgIpc) is 3.57. The lowest BCUT2D eigenvalue weighted by atomic mass is 9.78. The molecule has 5 atom stereocenters. The van der Waals surface area contributed by atoms with Gasteiger partial charge in [-0.3, -0.25) is 18.9 Å². The van der Waals surface area contributed by atoms with E-state index in [1.165, 1.54) is 55.2 Å². The summed E-state index contributed by atoms with van der Waals surface area (Å²) in [5, 5.41) is 26.7. The zero-order valence-electron chi connectivity index (χ0n) is 28.5. The van der Waals surface area contributed by atoms with Crippen LogP contribution in [0.5, 0.6) is 5.75 Å². The number of esters is 1. The molecule has 2 aromatic carbocycles. The maximum absolute atomic E-state index is 14.5. The van der Waals surface area contributed by atoms with Gasteiger partial charge in [0, 0.05) is 12.6 Å². The van der Waals surface area contributed by atoms with Gasteiger partial charge >= 0.3 is 13.7 Å². The second-order valence-electron chi connectivity index (χ2n) is 12.9. The summed E-state index contributed by atoms with van der Waals surface area (Å²) < 4.78 is 77.0. The molecule has 53 heavy (non-hydrogen) atoms. The number of nitrogens with one attached hydrogen (secondary N) is 2. The number of carbonyl (C=O) groups is 1. The summed E-state index contributed by atoms with van der Waals surface area (Å²) in [4.78, 5) is 28.3. The van der Waals surface area contributed by atoms with Crippen LogP contribution in [0.25, 0.3) is 11.2 Å². The fourth-order valence-electron chi connectivity index (χ4n) is 5.97. The van der Waals surface area contributed by atoms with Crippen LogP contribution in [0.4, 0.5) is 16.2 Å². The van der Waals surface area contributed by atoms with Crippen molar-refractivity contribution in [1.29, 1.82) is 0 Å². The highest BCUT2D eigenvalue weighted by Crippen LogP contribution is 2.51. The Labute approximate surface area is 308 Å². The molecule has 18 nitrogen and oxygen atoms in total. The fourth-order valence-corrected chi connectivity index (χ4v) is 8.51. The van der Waals surface area contributed by atoms with Crippen LogP contribution >= 0.6 is 19.3 Å². The molecule has 0 radical (unpaired) electrons. The largest absolute Gasteiger partial charge is 0.459 e. The smallest absolute Gasteiger partial charge is 0.459 e. The molecule has 3 unspecified atom stereocenters. The molecular weight excluding hydrogens is 762 g/mol. The van der Waals surface area contributed by atoms with Crippen LogP contribution in [-0.4, -0.2) is 87.4 Å². The van der Waals surface area contributed by atoms with Gasteiger partial charge in [0.15, 0.2) is 23.2 Å². The Morgan fingerprint density at radius 3 is 2.58 bits per heavy atom. The molecule has 1 aliphatic carbocycles. The molecule has 2 aromatic heterocycles. The number of halogens is 2. The molecule has 2 fully saturated rings. The number of rotatable bonds is 14. The number of hydrogen-bond acceptors (Lipinski definition) is 15. The van der Waals surface area contributed by atoms with E-state index in [4.69, 9.17) is 35.9 Å². The van der Waals surface area contributed by atoms with E-state index >= 15 is 0 Å². The number of para-hydroxylation sites is 1. The molecule has 22 heteroatoms. The Morgan fingerprint density at radius 2 is 1.94 bits per heavy atom. The van der Waals surface area contributed by atoms with Crippen molar-refractivity contribution in [3.05, 3.63) is 71.3 Å². The van der Waals surface area contributed by atoms with Crippen LogP contribution in [0.2, 0.25) is 5.02 Å². The number of fused-ring (bicyclic) bond motifs is 1. The number of nitrogens with zero attached hydrogens (tertiary/aromatic N) is 5. The Hall–Kier alpha value is -3.98. The van der Waals surface area contributed by atoms with Gasteiger partial charge in [-0.05, 0) is 50.5 Å². The highest BCUT2D eigenvalue weighted by atomic mass is 35.5. The van der Waals surface area contributed by atoms with Gasteiger partial charge in [-0.1, -0.05) is 35.9 Å². The Balaban J connectivity index is 1.23. The first-order chi connectivity index (χ1) is 24.9. The molecule has 2 aliphatic rings. The van der Waals surface area contributed by atoms with Crippen LogP contribution < -0.4 is 25.2 Å². The lowest BCUT2D eigenvalue weighted by Crippen LogP contribution is -2.57. The number of anilines is 2. The van der Waals surface area contributed by atoms with Gasteiger partial charge in [0.05, 0.1) is 24.2 Å². The van der Waals surface area contributed by atoms with Crippen molar-refractivity contribution < 1.29 is 50.9 Å². The quantitative estimate of drug-likeness (QED) is 0.0699. The van der Waals surface area contributed by atoms with E-state index in [1.54, 1.807) is 18.2 Å². The molecule has 1 aliphatic heterocycles. The van der Waals surface area contributed by atoms with Gasteiger partial charge in [-0.2, -0.15) is 15.1 Å². The van der Waals surface area contributed by atoms with Gasteiger partial charge < -0.3 is 29.9 Å². The van der Waals surface area contributed by atoms with Crippen molar-refractivity contribution in [1.82, 2.24) is 29.4 Å². The highest BCUT2D eigenvalue weighted by molar-refractivity contribution is 7.88. The van der Waals surface area contributed by atoms with Gasteiger partial charge in [0.2, 0.25) is 16.0 Å². The van der Waals surface area contributed by atoms with Crippen molar-refractivity contribution in [3.63, 3.8) is 0 Å². The number of nitrogens with two attached hydrogens (primary N) is 1. The Bertz CT molecular complexity index is 2140. The van der Waals surface area contributed by atoms with Crippen molar-refractivity contribution in [2.75, 3.05) is 30.7 Å². The van der Waals surface area contributed by atoms with Gasteiger partial charge in [-0.15, -0.1) is 4.83 Å². The Morgan fingerprint density at radius 1 is 1.23 bits per heavy atom. The zero-order valence-corrected chi connectivity index (χ0v) is 31.0. The number of carbonyl (C=O) groups excluding carboxylic acids is 1. The maximum Gasteiger partial charge on any atom is 0.459 e. The minimum Gasteiger partial charge on any atom is -0.459 e. The SMILES string of the molecule is CN(NS(C)(=O)=O)c1nc(N)nc2c1ncn2C1OC(COP(=O)(NC2(C(=O)OCc3c(F)cccc3Cl)CCC2)Oc2ccccc2)[C@@H](O)[C@@]1(C)O. The second-order valence-corrected chi connectivity index (χ2v) is 16.7. The van der Waals surface area contributed by atoms with E-state index in [1.807, 2.05) is 0 Å². The number of nitrogen functional groups attached to an aromatic ring is 1. The summed E-state index contributed by atoms with van der Waals surface area (Å²) in [5.41, 5.74) is 2.42. The number of ether oxygens (including phenoxy) is 2. The van der Waals surface area contributed by atoms with E-state index in [9.17, 15) is 32.4 Å². The molecule has 0 bridgehead atoms. The third-order valence-electron chi connectivity index (χ3n) is 8.78. The predicted molar refractivity (Wildman–Crippen MR) is 188 cm³/mol. The van der Waals surface area contributed by atoms with E-state index in [0.717, 1.165) is 11.3 Å². The number of imidazole rings is 1. The number of sulfonamides is 1. The van der Waals surface area contributed by atoms with Crippen LogP contribution in [-0.2, 0) is 40.0 Å². The third kappa shape index (κ3) is 8.10. The summed E-state index contributed by atoms with van der Waals surface area (Å²) in [6.45, 7) is 0.177. The van der Waals surface area contributed by atoms with Crippen LogP contribution in [0.1, 0.15) is 38.0 Å². The number of hydrazine groups is 1. The van der Waals surface area contributed by atoms with E-state index in [-0.39, 0.29) is 52.1 Å². The standard InChI is InChI=1S/C31H37ClFN8O10PS/c1-30(44)24(42)22(50-27(30)41-17-35-23-25(36-29(34)37-26(23)41)40(2)39-53(3,46)47)16-49-52(45,51-18-9-5-4-6-10-18)38-31(13-8-14-31)28(43)48-15-19-20(32)11-7-12-21(19)33/h4-7,9-12,17,22,24,27,39,42,44H,8,13-16H2,1-3H3,(H,38,45)(H2,34,36,37)/t22?,24-,27?,30-,52?/m1/s1. The van der Waals surface area contributed by atoms with Crippen LogP contribution in [0.3, 0.4) is 0 Å². The van der Waals surface area contributed by atoms with Crippen molar-refractivity contribution in [3.8, 4) is 5.75 Å². The minimum absolute atomic E-state index is 0.0136. The van der Waals surface area contributed by atoms with Crippen molar-refractivity contribution in [2.45, 2.75) is 62.4 Å². The van der Waals surface area contributed by atoms with E-state index in [2.05, 4.69) is 24.9 Å². The minimum atomic E-state index is -4.52. The molecule has 6 rings (SSSR count). The molecule has 6 N–H and O–H groups in total. The number of aliphatic hydroxyl groups excluding tert-OH is 1. The van der Waals surface area contributed by atoms with E-state index in [0.29, 0.717) is 6.42 Å². The summed E-state index contributed by atoms with van der Waals surface area (Å²) in [5.74, 6) is -1.66. The molecule has 286 valence electrons. The second kappa shape index (κ2) is 14.7. The van der Waals surface area contributed by atoms with Crippen molar-refractivity contribution >= 4 is 58.3 Å². The molecule has 3 heterocycles. The lowest BCUT2D eigenvalue weighted by molar-refractivity contribution is -0.156. The van der Waals surface area contributed by atoms with E-state index < -0.39 is 72.3 Å². The first-order valence-corrected chi connectivity index (χ1v) is 19.9. The number of benzene rings is 2. The Kier molecular flexibility index (Phi) is 10.7. The van der Waals surface area contributed by atoms with Crippen molar-refractivity contribution in [2.24, 2.45) is 0 Å². The highest BCUT2D eigenvalue weighted by Gasteiger charge is 2.56. The molecule has 0 spiro atoms. The van der Waals surface area contributed by atoms with Crippen LogP contribution in [0, 0.1) is 5.82 Å². The fraction of sp³-hybridized carbons (Fsp3) is 0.419. The lowest BCUT2D eigenvalue weighted by Gasteiger charge is -2.41. The van der Waals surface area contributed by atoms with Crippen LogP contribution in [0.15, 0.2) is 54.9 Å². The number of aromatic nitrogens is 4. The topological polar surface area (TPSA) is 243 Å². The monoisotopic (exact) mass is 798 g/mol. The van der Waals surface area contributed by atoms with Gasteiger partial charge in [0.1, 0.15) is 41.5 Å². The molecule has 1 saturated heterocycles. The zero-order chi connectivity index (χ0) is 38.3. The number of aliphatic hydroxyl groups is 2. The normalized spacial score (nSPS) is 23.6. The van der Waals surface area contributed by atoms with Gasteiger partial charge in [-0.25, -0.2) is 22.4 Å². The maximum atomic E-state index is 14.5. The first-order valence-electron chi connectivity index (χ1n) is 16.1. The molecule has 0 amide bonds. The average molecular weight is 799 g/mol. The molecule has 1 saturated carbocycles. The summed E-state index contributed by atoms with van der Waals surface area (Å²) >= 11 is 6.10. The third-order valence-corrected chi connectivity index (χ3v) is 11.4. The first kappa shape index (κ1) is 38.7. The predicted octanol–water partition coefficient (Wildman–Crippen LogP) is 2.57. The van der Waals surface area contributed by atoms with Gasteiger partial charge in [0.25, 0.3) is 0 Å². The summed E-state index contributed by atoms with van der Waals surface area (Å²) in [7, 11) is -6.87. The molecule has 4 aromatic rings. The number of hydrogen-bond donors (Lipinski definition) is 5. The summed E-state index contributed by atoms with van der Waals surface area (Å²) in [6.07, 6.45) is -1.30.